The predicted octanol–water partition coefficient (Wildman–Crippen LogP) is 2.71. The second-order valence-corrected chi connectivity index (χ2v) is 6.21. The number of aromatic amines is 1. The standard InChI is InChI=1S/C13H13N5OS2/c1-2-10-15-13(18-17-10)20-7-11(19)16-12-14-8-5-3-4-6-9(8)21-12/h3-6H,2,7H2,1H3,(H,14,16,19)(H,15,17,18). The van der Waals surface area contributed by atoms with E-state index in [4.69, 9.17) is 0 Å². The largest absolute Gasteiger partial charge is 0.301 e. The maximum Gasteiger partial charge on any atom is 0.236 e. The molecule has 0 saturated heterocycles. The highest BCUT2D eigenvalue weighted by Gasteiger charge is 2.10. The van der Waals surface area contributed by atoms with Crippen molar-refractivity contribution in [2.75, 3.05) is 11.1 Å². The number of carbonyl (C=O) groups excluding carboxylic acids is 1. The Kier molecular flexibility index (Phi) is 4.16. The van der Waals surface area contributed by atoms with Crippen molar-refractivity contribution < 1.29 is 4.79 Å². The summed E-state index contributed by atoms with van der Waals surface area (Å²) in [5.74, 6) is 0.975. The van der Waals surface area contributed by atoms with Gasteiger partial charge in [-0.1, -0.05) is 42.2 Å². The highest BCUT2D eigenvalue weighted by Crippen LogP contribution is 2.25. The first-order chi connectivity index (χ1) is 10.2. The number of benzene rings is 1. The number of nitrogens with zero attached hydrogens (tertiary/aromatic N) is 3. The van der Waals surface area contributed by atoms with Crippen molar-refractivity contribution in [3.8, 4) is 0 Å². The van der Waals surface area contributed by atoms with Crippen molar-refractivity contribution >= 4 is 44.4 Å². The molecule has 0 aliphatic rings. The Hall–Kier alpha value is -1.93. The van der Waals surface area contributed by atoms with Gasteiger partial charge in [-0.15, -0.1) is 5.10 Å². The molecular formula is C13H13N5OS2. The molecule has 0 unspecified atom stereocenters. The van der Waals surface area contributed by atoms with Gasteiger partial charge in [-0.05, 0) is 12.1 Å². The molecular weight excluding hydrogens is 306 g/mol. The fourth-order valence-electron chi connectivity index (χ4n) is 1.71. The van der Waals surface area contributed by atoms with Gasteiger partial charge in [0.25, 0.3) is 0 Å². The minimum Gasteiger partial charge on any atom is -0.301 e. The van der Waals surface area contributed by atoms with Gasteiger partial charge in [-0.2, -0.15) is 0 Å². The number of hydrogen-bond donors (Lipinski definition) is 2. The Balaban J connectivity index is 1.58. The molecule has 0 fully saturated rings. The summed E-state index contributed by atoms with van der Waals surface area (Å²) in [4.78, 5) is 20.5. The van der Waals surface area contributed by atoms with E-state index in [2.05, 4.69) is 25.5 Å². The Bertz CT molecular complexity index is 734. The van der Waals surface area contributed by atoms with Crippen LogP contribution in [-0.4, -0.2) is 31.8 Å². The molecule has 108 valence electrons. The van der Waals surface area contributed by atoms with E-state index in [1.54, 1.807) is 0 Å². The highest BCUT2D eigenvalue weighted by atomic mass is 32.2. The molecule has 1 amide bonds. The lowest BCUT2D eigenvalue weighted by Crippen LogP contribution is -2.13. The van der Waals surface area contributed by atoms with Gasteiger partial charge in [0.1, 0.15) is 5.82 Å². The second-order valence-electron chi connectivity index (χ2n) is 4.24. The van der Waals surface area contributed by atoms with Gasteiger partial charge in [0.15, 0.2) is 5.13 Å². The Morgan fingerprint density at radius 3 is 3.00 bits per heavy atom. The number of para-hydroxylation sites is 1. The highest BCUT2D eigenvalue weighted by molar-refractivity contribution is 7.99. The molecule has 1 aromatic carbocycles. The van der Waals surface area contributed by atoms with Gasteiger partial charge in [-0.3, -0.25) is 9.89 Å². The number of H-pyrrole nitrogens is 1. The summed E-state index contributed by atoms with van der Waals surface area (Å²) in [5, 5.41) is 10.9. The molecule has 0 spiro atoms. The molecule has 0 saturated carbocycles. The molecule has 8 heteroatoms. The Morgan fingerprint density at radius 2 is 2.24 bits per heavy atom. The van der Waals surface area contributed by atoms with E-state index >= 15 is 0 Å². The first kappa shape index (κ1) is 14.0. The smallest absolute Gasteiger partial charge is 0.236 e. The topological polar surface area (TPSA) is 83.6 Å². The van der Waals surface area contributed by atoms with Crippen molar-refractivity contribution in [1.29, 1.82) is 0 Å². The first-order valence-corrected chi connectivity index (χ1v) is 8.24. The van der Waals surface area contributed by atoms with E-state index in [1.807, 2.05) is 31.2 Å². The summed E-state index contributed by atoms with van der Waals surface area (Å²) in [5.41, 5.74) is 0.895. The number of thioether (sulfide) groups is 1. The van der Waals surface area contributed by atoms with Crippen LogP contribution in [0.4, 0.5) is 5.13 Å². The molecule has 0 radical (unpaired) electrons. The second kappa shape index (κ2) is 6.23. The number of fused-ring (bicyclic) bond motifs is 1. The van der Waals surface area contributed by atoms with Crippen LogP contribution in [0.1, 0.15) is 12.7 Å². The fraction of sp³-hybridized carbons (Fsp3) is 0.231. The summed E-state index contributed by atoms with van der Waals surface area (Å²) < 4.78 is 1.06. The molecule has 6 nitrogen and oxygen atoms in total. The predicted molar refractivity (Wildman–Crippen MR) is 84.7 cm³/mol. The van der Waals surface area contributed by atoms with E-state index in [9.17, 15) is 4.79 Å². The minimum atomic E-state index is -0.109. The van der Waals surface area contributed by atoms with Gasteiger partial charge >= 0.3 is 0 Å². The molecule has 2 heterocycles. The van der Waals surface area contributed by atoms with Crippen LogP contribution in [0.5, 0.6) is 0 Å². The van der Waals surface area contributed by atoms with Crippen LogP contribution >= 0.6 is 23.1 Å². The zero-order valence-corrected chi connectivity index (χ0v) is 12.9. The van der Waals surface area contributed by atoms with E-state index in [0.29, 0.717) is 10.3 Å². The maximum absolute atomic E-state index is 11.9. The van der Waals surface area contributed by atoms with E-state index in [-0.39, 0.29) is 11.7 Å². The van der Waals surface area contributed by atoms with Crippen molar-refractivity contribution in [1.82, 2.24) is 20.2 Å². The number of amides is 1. The van der Waals surface area contributed by atoms with Crippen LogP contribution in [-0.2, 0) is 11.2 Å². The van der Waals surface area contributed by atoms with E-state index < -0.39 is 0 Å². The number of aromatic nitrogens is 4. The van der Waals surface area contributed by atoms with E-state index in [0.717, 1.165) is 22.5 Å². The van der Waals surface area contributed by atoms with Crippen LogP contribution < -0.4 is 5.32 Å². The third-order valence-corrected chi connectivity index (χ3v) is 4.52. The van der Waals surface area contributed by atoms with Crippen molar-refractivity contribution in [2.45, 2.75) is 18.5 Å². The number of rotatable bonds is 5. The van der Waals surface area contributed by atoms with Crippen LogP contribution in [0.15, 0.2) is 29.4 Å². The molecule has 0 bridgehead atoms. The third-order valence-electron chi connectivity index (χ3n) is 2.72. The number of aryl methyl sites for hydroxylation is 1. The lowest BCUT2D eigenvalue weighted by Gasteiger charge is -1.98. The molecule has 2 N–H and O–H groups in total. The van der Waals surface area contributed by atoms with Gasteiger partial charge in [0, 0.05) is 6.42 Å². The number of thiazole rings is 1. The summed E-state index contributed by atoms with van der Waals surface area (Å²) in [7, 11) is 0. The van der Waals surface area contributed by atoms with Crippen molar-refractivity contribution in [2.24, 2.45) is 0 Å². The molecule has 21 heavy (non-hydrogen) atoms. The molecule has 3 rings (SSSR count). The molecule has 0 aliphatic heterocycles. The quantitative estimate of drug-likeness (QED) is 0.706. The van der Waals surface area contributed by atoms with Crippen molar-refractivity contribution in [3.05, 3.63) is 30.1 Å². The average molecular weight is 319 g/mol. The maximum atomic E-state index is 11.9. The van der Waals surface area contributed by atoms with Crippen LogP contribution in [0.25, 0.3) is 10.2 Å². The monoisotopic (exact) mass is 319 g/mol. The summed E-state index contributed by atoms with van der Waals surface area (Å²) >= 11 is 2.77. The number of anilines is 1. The summed E-state index contributed by atoms with van der Waals surface area (Å²) in [6.07, 6.45) is 0.797. The zero-order valence-electron chi connectivity index (χ0n) is 11.3. The summed E-state index contributed by atoms with van der Waals surface area (Å²) in [6, 6.07) is 7.79. The third kappa shape index (κ3) is 3.40. The first-order valence-electron chi connectivity index (χ1n) is 6.44. The number of hydrogen-bond acceptors (Lipinski definition) is 6. The Morgan fingerprint density at radius 1 is 1.38 bits per heavy atom. The van der Waals surface area contributed by atoms with Crippen LogP contribution in [0, 0.1) is 0 Å². The van der Waals surface area contributed by atoms with Gasteiger partial charge < -0.3 is 5.32 Å². The van der Waals surface area contributed by atoms with E-state index in [1.165, 1.54) is 23.1 Å². The van der Waals surface area contributed by atoms with Gasteiger partial charge in [-0.25, -0.2) is 9.97 Å². The molecule has 0 aliphatic carbocycles. The van der Waals surface area contributed by atoms with Crippen LogP contribution in [0.3, 0.4) is 0 Å². The number of carbonyl (C=O) groups is 1. The fourth-order valence-corrected chi connectivity index (χ4v) is 3.21. The zero-order chi connectivity index (χ0) is 14.7. The van der Waals surface area contributed by atoms with Gasteiger partial charge in [0.05, 0.1) is 16.0 Å². The molecule has 3 aromatic rings. The van der Waals surface area contributed by atoms with Crippen LogP contribution in [0.2, 0.25) is 0 Å². The Labute approximate surface area is 129 Å². The SMILES string of the molecule is CCc1nc(SCC(=O)Nc2nc3ccccc3s2)n[nH]1. The molecule has 0 atom stereocenters. The molecule has 2 aromatic heterocycles. The van der Waals surface area contributed by atoms with Gasteiger partial charge in [0.2, 0.25) is 11.1 Å². The minimum absolute atomic E-state index is 0.109. The normalized spacial score (nSPS) is 10.9. The number of nitrogens with one attached hydrogen (secondary N) is 2. The summed E-state index contributed by atoms with van der Waals surface area (Å²) in [6.45, 7) is 1.99. The lowest BCUT2D eigenvalue weighted by atomic mass is 10.3. The van der Waals surface area contributed by atoms with Crippen molar-refractivity contribution in [3.63, 3.8) is 0 Å². The average Bonchev–Trinajstić information content (AvgIpc) is 3.10. The lowest BCUT2D eigenvalue weighted by molar-refractivity contribution is -0.113.